The van der Waals surface area contributed by atoms with Gasteiger partial charge in [0.2, 0.25) is 5.89 Å². The zero-order valence-electron chi connectivity index (χ0n) is 16.5. The van der Waals surface area contributed by atoms with E-state index in [9.17, 15) is 0 Å². The maximum Gasteiger partial charge on any atom is 0.228 e. The monoisotopic (exact) mass is 357 g/mol. The topological polar surface area (TPSA) is 75.3 Å². The molecular formula is C20H31N5O. The number of aliphatic imine (C=N–C) groups is 1. The van der Waals surface area contributed by atoms with Gasteiger partial charge in [0.15, 0.2) is 11.8 Å². The Labute approximate surface area is 156 Å². The molecule has 0 fully saturated rings. The molecule has 0 radical (unpaired) electrons. The first-order valence-corrected chi connectivity index (χ1v) is 9.40. The number of benzene rings is 1. The maximum atomic E-state index is 5.27. The summed E-state index contributed by atoms with van der Waals surface area (Å²) in [7, 11) is 0. The molecule has 26 heavy (non-hydrogen) atoms. The summed E-state index contributed by atoms with van der Waals surface area (Å²) in [6.07, 6.45) is 0.678. The molecule has 142 valence electrons. The van der Waals surface area contributed by atoms with Crippen molar-refractivity contribution in [2.45, 2.75) is 52.9 Å². The van der Waals surface area contributed by atoms with Crippen LogP contribution in [-0.2, 0) is 6.42 Å². The number of hydrogen-bond acceptors (Lipinski definition) is 4. The van der Waals surface area contributed by atoms with Gasteiger partial charge < -0.3 is 15.2 Å². The van der Waals surface area contributed by atoms with Crippen LogP contribution in [0.4, 0.5) is 0 Å². The molecule has 1 unspecified atom stereocenters. The summed E-state index contributed by atoms with van der Waals surface area (Å²) >= 11 is 0. The van der Waals surface area contributed by atoms with Crippen molar-refractivity contribution in [3.8, 4) is 0 Å². The highest BCUT2D eigenvalue weighted by atomic mass is 16.5. The quantitative estimate of drug-likeness (QED) is 0.559. The number of nitrogens with zero attached hydrogens (tertiary/aromatic N) is 3. The fraction of sp³-hybridized carbons (Fsp3) is 0.550. The third-order valence-corrected chi connectivity index (χ3v) is 4.11. The van der Waals surface area contributed by atoms with E-state index in [1.807, 2.05) is 0 Å². The standard InChI is InChI=1S/C20H31N5O/c1-6-21-20(22-11-10-18-24-19(14(2)3)25-26-18)23-13-16(5)17-9-7-8-15(4)12-17/h7-9,12,14,16H,6,10-11,13H2,1-5H3,(H2,21,22,23). The minimum Gasteiger partial charge on any atom is -0.357 e. The molecule has 0 spiro atoms. The molecule has 6 nitrogen and oxygen atoms in total. The van der Waals surface area contributed by atoms with Crippen molar-refractivity contribution >= 4 is 5.96 Å². The molecule has 1 aromatic heterocycles. The summed E-state index contributed by atoms with van der Waals surface area (Å²) in [5, 5.41) is 10.6. The number of nitrogens with one attached hydrogen (secondary N) is 2. The van der Waals surface area contributed by atoms with Crippen LogP contribution in [0, 0.1) is 6.92 Å². The Morgan fingerprint density at radius 3 is 2.69 bits per heavy atom. The van der Waals surface area contributed by atoms with Crippen LogP contribution in [0.3, 0.4) is 0 Å². The highest BCUT2D eigenvalue weighted by Crippen LogP contribution is 2.16. The first-order chi connectivity index (χ1) is 12.5. The Bertz CT molecular complexity index is 708. The Kier molecular flexibility index (Phi) is 7.63. The van der Waals surface area contributed by atoms with Crippen LogP contribution in [0.1, 0.15) is 62.4 Å². The minimum atomic E-state index is 0.280. The number of hydrogen-bond donors (Lipinski definition) is 2. The first kappa shape index (κ1) is 19.9. The second kappa shape index (κ2) is 9.94. The van der Waals surface area contributed by atoms with Gasteiger partial charge in [-0.3, -0.25) is 4.99 Å². The van der Waals surface area contributed by atoms with E-state index < -0.39 is 0 Å². The Balaban J connectivity index is 1.87. The molecule has 2 rings (SSSR count). The van der Waals surface area contributed by atoms with Gasteiger partial charge in [0.1, 0.15) is 0 Å². The third kappa shape index (κ3) is 6.17. The largest absolute Gasteiger partial charge is 0.357 e. The Morgan fingerprint density at radius 1 is 1.23 bits per heavy atom. The normalized spacial score (nSPS) is 13.1. The third-order valence-electron chi connectivity index (χ3n) is 4.11. The average molecular weight is 358 g/mol. The van der Waals surface area contributed by atoms with E-state index in [-0.39, 0.29) is 5.92 Å². The van der Waals surface area contributed by atoms with Crippen LogP contribution in [-0.4, -0.2) is 35.7 Å². The molecule has 1 atom stereocenters. The molecule has 1 aromatic carbocycles. The molecule has 2 aromatic rings. The van der Waals surface area contributed by atoms with Gasteiger partial charge in [-0.25, -0.2) is 0 Å². The van der Waals surface area contributed by atoms with E-state index in [0.717, 1.165) is 24.9 Å². The highest BCUT2D eigenvalue weighted by Gasteiger charge is 2.10. The predicted octanol–water partition coefficient (Wildman–Crippen LogP) is 3.40. The number of aromatic nitrogens is 2. The van der Waals surface area contributed by atoms with Gasteiger partial charge in [-0.1, -0.05) is 55.8 Å². The first-order valence-electron chi connectivity index (χ1n) is 9.40. The van der Waals surface area contributed by atoms with Gasteiger partial charge in [0.25, 0.3) is 0 Å². The number of guanidine groups is 1. The van der Waals surface area contributed by atoms with Crippen molar-refractivity contribution in [1.29, 1.82) is 0 Å². The smallest absolute Gasteiger partial charge is 0.228 e. The van der Waals surface area contributed by atoms with Crippen LogP contribution in [0.15, 0.2) is 33.8 Å². The van der Waals surface area contributed by atoms with E-state index in [0.29, 0.717) is 24.8 Å². The fourth-order valence-corrected chi connectivity index (χ4v) is 2.54. The minimum absolute atomic E-state index is 0.280. The summed E-state index contributed by atoms with van der Waals surface area (Å²) in [6.45, 7) is 12.7. The molecule has 0 saturated carbocycles. The zero-order chi connectivity index (χ0) is 18.9. The van der Waals surface area contributed by atoms with Crippen LogP contribution in [0.2, 0.25) is 0 Å². The molecule has 0 bridgehead atoms. The molecular weight excluding hydrogens is 326 g/mol. The molecule has 0 aliphatic carbocycles. The summed E-state index contributed by atoms with van der Waals surface area (Å²) in [5.74, 6) is 2.88. The van der Waals surface area contributed by atoms with Gasteiger partial charge >= 0.3 is 0 Å². The van der Waals surface area contributed by atoms with E-state index in [4.69, 9.17) is 9.52 Å². The predicted molar refractivity (Wildman–Crippen MR) is 106 cm³/mol. The maximum absolute atomic E-state index is 5.27. The average Bonchev–Trinajstić information content (AvgIpc) is 3.08. The Hall–Kier alpha value is -2.37. The molecule has 0 saturated heterocycles. The van der Waals surface area contributed by atoms with Gasteiger partial charge in [-0.05, 0) is 19.4 Å². The van der Waals surface area contributed by atoms with E-state index >= 15 is 0 Å². The SMILES string of the molecule is CCNC(=NCC(C)c1cccc(C)c1)NCCc1nc(C(C)C)no1. The lowest BCUT2D eigenvalue weighted by Gasteiger charge is -2.13. The van der Waals surface area contributed by atoms with Crippen LogP contribution >= 0.6 is 0 Å². The summed E-state index contributed by atoms with van der Waals surface area (Å²) in [4.78, 5) is 9.11. The lowest BCUT2D eigenvalue weighted by Crippen LogP contribution is -2.38. The van der Waals surface area contributed by atoms with Crippen molar-refractivity contribution in [3.63, 3.8) is 0 Å². The van der Waals surface area contributed by atoms with Gasteiger partial charge in [-0.2, -0.15) is 4.98 Å². The van der Waals surface area contributed by atoms with Gasteiger partial charge in [-0.15, -0.1) is 0 Å². The molecule has 0 amide bonds. The van der Waals surface area contributed by atoms with Gasteiger partial charge in [0.05, 0.1) is 0 Å². The van der Waals surface area contributed by atoms with Crippen molar-refractivity contribution < 1.29 is 4.52 Å². The molecule has 0 aliphatic heterocycles. The highest BCUT2D eigenvalue weighted by molar-refractivity contribution is 5.79. The number of aryl methyl sites for hydroxylation is 1. The van der Waals surface area contributed by atoms with E-state index in [1.54, 1.807) is 0 Å². The van der Waals surface area contributed by atoms with Crippen molar-refractivity contribution in [1.82, 2.24) is 20.8 Å². The lowest BCUT2D eigenvalue weighted by molar-refractivity contribution is 0.371. The van der Waals surface area contributed by atoms with Crippen molar-refractivity contribution in [2.24, 2.45) is 4.99 Å². The molecule has 1 heterocycles. The molecule has 6 heteroatoms. The van der Waals surface area contributed by atoms with Gasteiger partial charge in [0, 0.05) is 37.9 Å². The second-order valence-corrected chi connectivity index (χ2v) is 6.91. The van der Waals surface area contributed by atoms with Crippen LogP contribution in [0.25, 0.3) is 0 Å². The molecule has 0 aliphatic rings. The van der Waals surface area contributed by atoms with Crippen LogP contribution in [0.5, 0.6) is 0 Å². The lowest BCUT2D eigenvalue weighted by atomic mass is 10.00. The Morgan fingerprint density at radius 2 is 2.04 bits per heavy atom. The van der Waals surface area contributed by atoms with Crippen LogP contribution < -0.4 is 10.6 Å². The van der Waals surface area contributed by atoms with Crippen molar-refractivity contribution in [2.75, 3.05) is 19.6 Å². The van der Waals surface area contributed by atoms with E-state index in [1.165, 1.54) is 11.1 Å². The second-order valence-electron chi connectivity index (χ2n) is 6.91. The summed E-state index contributed by atoms with van der Waals surface area (Å²) in [5.41, 5.74) is 2.60. The number of rotatable bonds is 8. The summed E-state index contributed by atoms with van der Waals surface area (Å²) in [6, 6.07) is 8.61. The van der Waals surface area contributed by atoms with E-state index in [2.05, 4.69) is 79.7 Å². The molecule has 2 N–H and O–H groups in total. The summed E-state index contributed by atoms with van der Waals surface area (Å²) < 4.78 is 5.27. The zero-order valence-corrected chi connectivity index (χ0v) is 16.5. The fourth-order valence-electron chi connectivity index (χ4n) is 2.54. The van der Waals surface area contributed by atoms with Crippen molar-refractivity contribution in [3.05, 3.63) is 47.1 Å².